The van der Waals surface area contributed by atoms with E-state index < -0.39 is 17.4 Å². The van der Waals surface area contributed by atoms with E-state index >= 15 is 0 Å². The molecule has 0 spiro atoms. The van der Waals surface area contributed by atoms with E-state index in [9.17, 15) is 19.5 Å². The second-order valence-electron chi connectivity index (χ2n) is 6.82. The standard InChI is InChI=1S/C18H21ClN2O4/c19-13-5-4-6-14(10-13)21-11-12(9-15(21)22)16(23)20-18(17(24)25)7-2-1-3-8-18/h4-6,10,12H,1-3,7-9,11H2,(H,20,23)(H,24,25)/t12-/m1/s1. The Morgan fingerprint density at radius 2 is 1.96 bits per heavy atom. The van der Waals surface area contributed by atoms with Crippen molar-refractivity contribution in [2.45, 2.75) is 44.1 Å². The van der Waals surface area contributed by atoms with Crippen LogP contribution in [0.15, 0.2) is 24.3 Å². The van der Waals surface area contributed by atoms with E-state index in [2.05, 4.69) is 5.32 Å². The zero-order valence-electron chi connectivity index (χ0n) is 13.8. The fraction of sp³-hybridized carbons (Fsp3) is 0.500. The Labute approximate surface area is 151 Å². The number of nitrogens with zero attached hydrogens (tertiary/aromatic N) is 1. The molecule has 1 aliphatic carbocycles. The third-order valence-electron chi connectivity index (χ3n) is 5.09. The van der Waals surface area contributed by atoms with E-state index in [1.54, 1.807) is 24.3 Å². The molecule has 6 nitrogen and oxygen atoms in total. The Hall–Kier alpha value is -2.08. The lowest BCUT2D eigenvalue weighted by atomic mass is 9.81. The Morgan fingerprint density at radius 3 is 2.60 bits per heavy atom. The van der Waals surface area contributed by atoms with E-state index in [0.29, 0.717) is 23.6 Å². The third-order valence-corrected chi connectivity index (χ3v) is 5.33. The minimum atomic E-state index is -1.19. The van der Waals surface area contributed by atoms with Gasteiger partial charge in [0.15, 0.2) is 0 Å². The van der Waals surface area contributed by atoms with Crippen molar-refractivity contribution in [1.82, 2.24) is 5.32 Å². The molecule has 25 heavy (non-hydrogen) atoms. The molecule has 0 unspecified atom stereocenters. The van der Waals surface area contributed by atoms with Gasteiger partial charge in [-0.1, -0.05) is 36.9 Å². The summed E-state index contributed by atoms with van der Waals surface area (Å²) in [7, 11) is 0. The molecule has 2 amide bonds. The molecular weight excluding hydrogens is 344 g/mol. The number of carbonyl (C=O) groups is 3. The van der Waals surface area contributed by atoms with Crippen molar-refractivity contribution < 1.29 is 19.5 Å². The summed E-state index contributed by atoms with van der Waals surface area (Å²) in [5, 5.41) is 12.8. The average molecular weight is 365 g/mol. The van der Waals surface area contributed by atoms with Gasteiger partial charge < -0.3 is 15.3 Å². The number of nitrogens with one attached hydrogen (secondary N) is 1. The maximum Gasteiger partial charge on any atom is 0.329 e. The minimum Gasteiger partial charge on any atom is -0.480 e. The summed E-state index contributed by atoms with van der Waals surface area (Å²) in [5.74, 6) is -2.06. The number of hydrogen-bond donors (Lipinski definition) is 2. The van der Waals surface area contributed by atoms with Crippen LogP contribution in [0.2, 0.25) is 5.02 Å². The first kappa shape index (κ1) is 17.7. The van der Waals surface area contributed by atoms with Crippen LogP contribution in [0.5, 0.6) is 0 Å². The molecule has 134 valence electrons. The Morgan fingerprint density at radius 1 is 1.24 bits per heavy atom. The molecule has 2 fully saturated rings. The molecule has 2 N–H and O–H groups in total. The van der Waals surface area contributed by atoms with Crippen molar-refractivity contribution in [3.05, 3.63) is 29.3 Å². The van der Waals surface area contributed by atoms with Crippen LogP contribution in [0.4, 0.5) is 5.69 Å². The topological polar surface area (TPSA) is 86.7 Å². The van der Waals surface area contributed by atoms with Crippen LogP contribution < -0.4 is 10.2 Å². The van der Waals surface area contributed by atoms with Gasteiger partial charge in [-0.15, -0.1) is 0 Å². The van der Waals surface area contributed by atoms with E-state index in [-0.39, 0.29) is 24.8 Å². The number of anilines is 1. The van der Waals surface area contributed by atoms with Gasteiger partial charge in [0.25, 0.3) is 0 Å². The first-order valence-corrected chi connectivity index (χ1v) is 8.90. The van der Waals surface area contributed by atoms with Gasteiger partial charge in [-0.25, -0.2) is 4.79 Å². The predicted molar refractivity (Wildman–Crippen MR) is 93.5 cm³/mol. The molecular formula is C18H21ClN2O4. The van der Waals surface area contributed by atoms with Gasteiger partial charge in [-0.05, 0) is 31.0 Å². The van der Waals surface area contributed by atoms with Gasteiger partial charge in [-0.2, -0.15) is 0 Å². The predicted octanol–water partition coefficient (Wildman–Crippen LogP) is 2.60. The van der Waals surface area contributed by atoms with Gasteiger partial charge in [0, 0.05) is 23.7 Å². The highest BCUT2D eigenvalue weighted by Crippen LogP contribution is 2.31. The largest absolute Gasteiger partial charge is 0.480 e. The van der Waals surface area contributed by atoms with Gasteiger partial charge in [0.05, 0.1) is 5.92 Å². The summed E-state index contributed by atoms with van der Waals surface area (Å²) < 4.78 is 0. The Balaban J connectivity index is 1.71. The molecule has 1 heterocycles. The highest BCUT2D eigenvalue weighted by atomic mass is 35.5. The molecule has 2 aliphatic rings. The van der Waals surface area contributed by atoms with Crippen molar-refractivity contribution >= 4 is 35.1 Å². The van der Waals surface area contributed by atoms with Crippen molar-refractivity contribution in [3.63, 3.8) is 0 Å². The molecule has 1 aromatic rings. The van der Waals surface area contributed by atoms with E-state index in [0.717, 1.165) is 19.3 Å². The smallest absolute Gasteiger partial charge is 0.329 e. The maximum atomic E-state index is 12.6. The highest BCUT2D eigenvalue weighted by Gasteiger charge is 2.44. The number of carbonyl (C=O) groups excluding carboxylic acids is 2. The van der Waals surface area contributed by atoms with Gasteiger partial charge in [0.2, 0.25) is 11.8 Å². The zero-order valence-corrected chi connectivity index (χ0v) is 14.6. The fourth-order valence-corrected chi connectivity index (χ4v) is 3.85. The number of carboxylic acids is 1. The number of aliphatic carboxylic acids is 1. The van der Waals surface area contributed by atoms with Crippen LogP contribution in [0.3, 0.4) is 0 Å². The monoisotopic (exact) mass is 364 g/mol. The summed E-state index contributed by atoms with van der Waals surface area (Å²) in [6.07, 6.45) is 3.50. The molecule has 7 heteroatoms. The van der Waals surface area contributed by atoms with E-state index in [1.165, 1.54) is 4.90 Å². The molecule has 1 atom stereocenters. The van der Waals surface area contributed by atoms with Crippen molar-refractivity contribution in [2.75, 3.05) is 11.4 Å². The Kier molecular flexibility index (Phi) is 4.99. The van der Waals surface area contributed by atoms with Crippen LogP contribution in [-0.4, -0.2) is 35.0 Å². The number of halogens is 1. The number of carboxylic acid groups (broad SMARTS) is 1. The number of benzene rings is 1. The average Bonchev–Trinajstić information content (AvgIpc) is 2.97. The second-order valence-corrected chi connectivity index (χ2v) is 7.26. The molecule has 0 bridgehead atoms. The number of rotatable bonds is 4. The lowest BCUT2D eigenvalue weighted by molar-refractivity contribution is -0.149. The Bertz CT molecular complexity index is 700. The maximum absolute atomic E-state index is 12.6. The van der Waals surface area contributed by atoms with Crippen LogP contribution >= 0.6 is 11.6 Å². The summed E-state index contributed by atoms with van der Waals surface area (Å²) in [5.41, 5.74) is -0.541. The SMILES string of the molecule is O=C(NC1(C(=O)O)CCCCC1)[C@@H]1CC(=O)N(c2cccc(Cl)c2)C1. The third kappa shape index (κ3) is 3.63. The van der Waals surface area contributed by atoms with Crippen LogP contribution in [-0.2, 0) is 14.4 Å². The molecule has 3 rings (SSSR count). The molecule has 0 radical (unpaired) electrons. The lowest BCUT2D eigenvalue weighted by Crippen LogP contribution is -2.57. The van der Waals surface area contributed by atoms with Crippen LogP contribution in [0.1, 0.15) is 38.5 Å². The van der Waals surface area contributed by atoms with Crippen molar-refractivity contribution in [1.29, 1.82) is 0 Å². The van der Waals surface area contributed by atoms with E-state index in [1.807, 2.05) is 0 Å². The normalized spacial score (nSPS) is 22.7. The molecule has 1 aliphatic heterocycles. The van der Waals surface area contributed by atoms with Crippen LogP contribution in [0.25, 0.3) is 0 Å². The second kappa shape index (κ2) is 7.04. The van der Waals surface area contributed by atoms with Crippen molar-refractivity contribution in [3.8, 4) is 0 Å². The summed E-state index contributed by atoms with van der Waals surface area (Å²) in [6, 6.07) is 6.92. The zero-order chi connectivity index (χ0) is 18.0. The molecule has 1 aromatic carbocycles. The quantitative estimate of drug-likeness (QED) is 0.859. The summed E-state index contributed by atoms with van der Waals surface area (Å²) in [4.78, 5) is 38.2. The van der Waals surface area contributed by atoms with Gasteiger partial charge in [0.1, 0.15) is 5.54 Å². The van der Waals surface area contributed by atoms with E-state index in [4.69, 9.17) is 11.6 Å². The van der Waals surface area contributed by atoms with Gasteiger partial charge >= 0.3 is 5.97 Å². The molecule has 1 saturated heterocycles. The summed E-state index contributed by atoms with van der Waals surface area (Å²) >= 11 is 5.97. The summed E-state index contributed by atoms with van der Waals surface area (Å²) in [6.45, 7) is 0.237. The van der Waals surface area contributed by atoms with Crippen molar-refractivity contribution in [2.24, 2.45) is 5.92 Å². The highest BCUT2D eigenvalue weighted by molar-refractivity contribution is 6.31. The molecule has 0 aromatic heterocycles. The van der Waals surface area contributed by atoms with Crippen LogP contribution in [0, 0.1) is 5.92 Å². The fourth-order valence-electron chi connectivity index (χ4n) is 3.66. The lowest BCUT2D eigenvalue weighted by Gasteiger charge is -2.34. The minimum absolute atomic E-state index is 0.0774. The first-order valence-electron chi connectivity index (χ1n) is 8.53. The first-order chi connectivity index (χ1) is 11.9. The van der Waals surface area contributed by atoms with Gasteiger partial charge in [-0.3, -0.25) is 9.59 Å². The number of amides is 2. The number of hydrogen-bond acceptors (Lipinski definition) is 3. The molecule has 1 saturated carbocycles.